The fourth-order valence-electron chi connectivity index (χ4n) is 2.67. The molecule has 116 valence electrons. The highest BCUT2D eigenvalue weighted by Crippen LogP contribution is 2.36. The van der Waals surface area contributed by atoms with Crippen LogP contribution in [0.25, 0.3) is 5.57 Å². The van der Waals surface area contributed by atoms with Crippen LogP contribution in [-0.2, 0) is 9.59 Å². The molecule has 0 aliphatic carbocycles. The van der Waals surface area contributed by atoms with Crippen LogP contribution in [0.15, 0.2) is 47.5 Å². The molecular weight excluding hydrogens is 310 g/mol. The first-order chi connectivity index (χ1) is 10.9. The van der Waals surface area contributed by atoms with Gasteiger partial charge in [-0.25, -0.2) is 4.90 Å². The van der Waals surface area contributed by atoms with Crippen molar-refractivity contribution < 1.29 is 9.59 Å². The van der Waals surface area contributed by atoms with Gasteiger partial charge >= 0.3 is 0 Å². The maximum Gasteiger partial charge on any atom is 0.277 e. The van der Waals surface area contributed by atoms with E-state index >= 15 is 0 Å². The molecule has 0 spiro atoms. The molecule has 0 N–H and O–H groups in total. The van der Waals surface area contributed by atoms with Crippen molar-refractivity contribution in [3.63, 3.8) is 0 Å². The molecule has 3 rings (SSSR count). The first-order valence-corrected chi connectivity index (χ1v) is 7.71. The molecule has 2 aromatic carbocycles. The van der Waals surface area contributed by atoms with Gasteiger partial charge in [0.2, 0.25) is 0 Å². The van der Waals surface area contributed by atoms with Crippen LogP contribution in [0.2, 0.25) is 0 Å². The van der Waals surface area contributed by atoms with Crippen molar-refractivity contribution in [2.45, 2.75) is 20.8 Å². The average molecular weight is 326 g/mol. The number of amides is 2. The molecule has 1 aliphatic rings. The van der Waals surface area contributed by atoms with Gasteiger partial charge < -0.3 is 0 Å². The van der Waals surface area contributed by atoms with Crippen LogP contribution in [0.4, 0.5) is 5.69 Å². The zero-order valence-electron chi connectivity index (χ0n) is 13.2. The third-order valence-corrected chi connectivity index (χ3v) is 4.54. The van der Waals surface area contributed by atoms with E-state index in [0.29, 0.717) is 11.3 Å². The largest absolute Gasteiger partial charge is 0.277 e. The molecule has 0 aromatic heterocycles. The number of halogens is 1. The van der Waals surface area contributed by atoms with Crippen LogP contribution in [-0.4, -0.2) is 11.8 Å². The van der Waals surface area contributed by atoms with Crippen LogP contribution in [0, 0.1) is 20.8 Å². The van der Waals surface area contributed by atoms with E-state index in [4.69, 9.17) is 11.6 Å². The minimum Gasteiger partial charge on any atom is -0.268 e. The van der Waals surface area contributed by atoms with Gasteiger partial charge in [-0.1, -0.05) is 53.6 Å². The van der Waals surface area contributed by atoms with Crippen molar-refractivity contribution in [3.8, 4) is 0 Å². The van der Waals surface area contributed by atoms with Gasteiger partial charge in [0.25, 0.3) is 11.8 Å². The van der Waals surface area contributed by atoms with Crippen LogP contribution in [0.3, 0.4) is 0 Å². The Bertz CT molecular complexity index is 850. The second-order valence-electron chi connectivity index (χ2n) is 5.72. The maximum atomic E-state index is 12.8. The van der Waals surface area contributed by atoms with Gasteiger partial charge in [-0.3, -0.25) is 9.59 Å². The molecule has 0 radical (unpaired) electrons. The molecule has 3 nitrogen and oxygen atoms in total. The number of nitrogens with zero attached hydrogens (tertiary/aromatic N) is 1. The van der Waals surface area contributed by atoms with Gasteiger partial charge in [0.1, 0.15) is 5.03 Å². The Kier molecular flexibility index (Phi) is 3.82. The third-order valence-electron chi connectivity index (χ3n) is 4.18. The number of aryl methyl sites for hydroxylation is 2. The Balaban J connectivity index is 2.09. The summed E-state index contributed by atoms with van der Waals surface area (Å²) in [7, 11) is 0. The normalized spacial score (nSPS) is 14.9. The SMILES string of the molecule is Cc1ccc(C2=C(Cl)C(=O)N(c3cccc(C)c3C)C2=O)cc1. The summed E-state index contributed by atoms with van der Waals surface area (Å²) in [6.45, 7) is 5.80. The summed E-state index contributed by atoms with van der Waals surface area (Å²) in [4.78, 5) is 26.6. The molecule has 0 saturated heterocycles. The summed E-state index contributed by atoms with van der Waals surface area (Å²) in [6.07, 6.45) is 0. The molecule has 0 fully saturated rings. The highest BCUT2D eigenvalue weighted by atomic mass is 35.5. The fourth-order valence-corrected chi connectivity index (χ4v) is 2.94. The number of benzene rings is 2. The van der Waals surface area contributed by atoms with Gasteiger partial charge in [0.05, 0.1) is 11.3 Å². The first kappa shape index (κ1) is 15.5. The summed E-state index contributed by atoms with van der Waals surface area (Å²) in [5.41, 5.74) is 4.49. The van der Waals surface area contributed by atoms with Crippen LogP contribution in [0.1, 0.15) is 22.3 Å². The monoisotopic (exact) mass is 325 g/mol. The first-order valence-electron chi connectivity index (χ1n) is 7.33. The van der Waals surface area contributed by atoms with Crippen molar-refractivity contribution in [3.05, 3.63) is 69.8 Å². The van der Waals surface area contributed by atoms with Crippen molar-refractivity contribution >= 4 is 34.7 Å². The summed E-state index contributed by atoms with van der Waals surface area (Å²) in [6, 6.07) is 12.9. The summed E-state index contributed by atoms with van der Waals surface area (Å²) in [5.74, 6) is -0.849. The highest BCUT2D eigenvalue weighted by Gasteiger charge is 2.39. The number of rotatable bonds is 2. The Morgan fingerprint density at radius 2 is 1.52 bits per heavy atom. The molecule has 1 heterocycles. The quantitative estimate of drug-likeness (QED) is 0.778. The molecular formula is C19H16ClNO2. The predicted molar refractivity (Wildman–Crippen MR) is 92.4 cm³/mol. The maximum absolute atomic E-state index is 12.8. The van der Waals surface area contributed by atoms with Gasteiger partial charge in [-0.2, -0.15) is 0 Å². The van der Waals surface area contributed by atoms with E-state index in [1.54, 1.807) is 6.07 Å². The standard InChI is InChI=1S/C19H16ClNO2/c1-11-7-9-14(10-8-11)16-17(20)19(23)21(18(16)22)15-6-4-5-12(2)13(15)3/h4-10H,1-3H3. The Labute approximate surface area is 140 Å². The highest BCUT2D eigenvalue weighted by molar-refractivity contribution is 6.60. The lowest BCUT2D eigenvalue weighted by Crippen LogP contribution is -2.31. The minimum atomic E-state index is -0.471. The van der Waals surface area contributed by atoms with E-state index < -0.39 is 5.91 Å². The second kappa shape index (κ2) is 5.67. The van der Waals surface area contributed by atoms with E-state index in [9.17, 15) is 9.59 Å². The minimum absolute atomic E-state index is 0.0280. The Morgan fingerprint density at radius 1 is 0.870 bits per heavy atom. The average Bonchev–Trinajstić information content (AvgIpc) is 2.74. The molecule has 1 aliphatic heterocycles. The van der Waals surface area contributed by atoms with E-state index in [0.717, 1.165) is 16.7 Å². The van der Waals surface area contributed by atoms with Crippen molar-refractivity contribution in [1.29, 1.82) is 0 Å². The Morgan fingerprint density at radius 3 is 2.17 bits per heavy atom. The number of carbonyl (C=O) groups excluding carboxylic acids is 2. The number of hydrogen-bond donors (Lipinski definition) is 0. The zero-order chi connectivity index (χ0) is 16.7. The lowest BCUT2D eigenvalue weighted by Gasteiger charge is -2.18. The number of anilines is 1. The lowest BCUT2D eigenvalue weighted by molar-refractivity contribution is -0.119. The molecule has 0 saturated carbocycles. The lowest BCUT2D eigenvalue weighted by atomic mass is 10.0. The van der Waals surface area contributed by atoms with E-state index in [2.05, 4.69) is 0 Å². The van der Waals surface area contributed by atoms with E-state index in [-0.39, 0.29) is 16.5 Å². The van der Waals surface area contributed by atoms with Gasteiger partial charge in [-0.05, 0) is 43.5 Å². The topological polar surface area (TPSA) is 37.4 Å². The third kappa shape index (κ3) is 2.47. The molecule has 2 aromatic rings. The van der Waals surface area contributed by atoms with Crippen molar-refractivity contribution in [2.24, 2.45) is 0 Å². The van der Waals surface area contributed by atoms with Crippen molar-refractivity contribution in [2.75, 3.05) is 4.90 Å². The number of imide groups is 1. The second-order valence-corrected chi connectivity index (χ2v) is 6.10. The zero-order valence-corrected chi connectivity index (χ0v) is 13.9. The molecule has 2 amide bonds. The van der Waals surface area contributed by atoms with Crippen LogP contribution in [0.5, 0.6) is 0 Å². The van der Waals surface area contributed by atoms with Gasteiger partial charge in [0.15, 0.2) is 0 Å². The van der Waals surface area contributed by atoms with Crippen LogP contribution < -0.4 is 4.90 Å². The summed E-state index contributed by atoms with van der Waals surface area (Å²) < 4.78 is 0. The molecule has 0 bridgehead atoms. The molecule has 0 unspecified atom stereocenters. The number of hydrogen-bond acceptors (Lipinski definition) is 2. The van der Waals surface area contributed by atoms with Gasteiger partial charge in [-0.15, -0.1) is 0 Å². The predicted octanol–water partition coefficient (Wildman–Crippen LogP) is 4.14. The number of carbonyl (C=O) groups is 2. The van der Waals surface area contributed by atoms with E-state index in [1.807, 2.05) is 57.2 Å². The summed E-state index contributed by atoms with van der Waals surface area (Å²) >= 11 is 6.20. The fraction of sp³-hybridized carbons (Fsp3) is 0.158. The van der Waals surface area contributed by atoms with E-state index in [1.165, 1.54) is 4.90 Å². The Hall–Kier alpha value is -2.39. The molecule has 23 heavy (non-hydrogen) atoms. The van der Waals surface area contributed by atoms with Crippen molar-refractivity contribution in [1.82, 2.24) is 0 Å². The van der Waals surface area contributed by atoms with Gasteiger partial charge in [0, 0.05) is 0 Å². The molecule has 0 atom stereocenters. The summed E-state index contributed by atoms with van der Waals surface area (Å²) in [5, 5.41) is -0.0280. The smallest absolute Gasteiger partial charge is 0.268 e. The molecule has 4 heteroatoms. The van der Waals surface area contributed by atoms with Crippen LogP contribution >= 0.6 is 11.6 Å².